The minimum absolute atomic E-state index is 0.0212. The van der Waals surface area contributed by atoms with E-state index in [1.165, 1.54) is 37.3 Å². The van der Waals surface area contributed by atoms with E-state index in [4.69, 9.17) is 9.47 Å². The number of methoxy groups -OCH3 is 2. The highest BCUT2D eigenvalue weighted by Crippen LogP contribution is 2.32. The summed E-state index contributed by atoms with van der Waals surface area (Å²) in [5.41, 5.74) is 0.369. The third-order valence-electron chi connectivity index (χ3n) is 5.85. The third kappa shape index (κ3) is 4.99. The maximum absolute atomic E-state index is 13.6. The number of nitrogens with zero attached hydrogens (tertiary/aromatic N) is 2. The molecule has 3 rings (SSSR count). The Bertz CT molecular complexity index is 1030. The molecule has 1 fully saturated rings. The van der Waals surface area contributed by atoms with Crippen molar-refractivity contribution in [3.8, 4) is 11.5 Å². The molecule has 1 saturated carbocycles. The number of hydrogen-bond donors (Lipinski definition) is 1. The van der Waals surface area contributed by atoms with Gasteiger partial charge in [0.1, 0.15) is 6.54 Å². The molecule has 2 unspecified atom stereocenters. The summed E-state index contributed by atoms with van der Waals surface area (Å²) in [6.07, 6.45) is 2.56. The minimum atomic E-state index is -4.10. The van der Waals surface area contributed by atoms with Crippen LogP contribution in [-0.2, 0) is 14.8 Å². The number of amides is 1. The van der Waals surface area contributed by atoms with Gasteiger partial charge in [-0.3, -0.25) is 9.10 Å². The lowest BCUT2D eigenvalue weighted by Gasteiger charge is -2.36. The molecule has 1 aliphatic carbocycles. The molecule has 1 aliphatic rings. The predicted molar refractivity (Wildman–Crippen MR) is 122 cm³/mol. The molecule has 0 bridgehead atoms. The summed E-state index contributed by atoms with van der Waals surface area (Å²) in [4.78, 5) is 14.6. The maximum Gasteiger partial charge on any atom is 0.264 e. The Morgan fingerprint density at radius 2 is 1.69 bits per heavy atom. The van der Waals surface area contributed by atoms with Crippen molar-refractivity contribution in [1.29, 1.82) is 0 Å². The summed E-state index contributed by atoms with van der Waals surface area (Å²) >= 11 is 0. The van der Waals surface area contributed by atoms with E-state index in [0.717, 1.165) is 17.1 Å². The van der Waals surface area contributed by atoms with Crippen LogP contribution >= 0.6 is 0 Å². The van der Waals surface area contributed by atoms with Crippen molar-refractivity contribution in [3.05, 3.63) is 48.5 Å². The lowest BCUT2D eigenvalue weighted by atomic mass is 9.91. The molecule has 0 saturated heterocycles. The Morgan fingerprint density at radius 3 is 2.31 bits per heavy atom. The molecule has 2 aromatic rings. The normalized spacial score (nSPS) is 18.6. The van der Waals surface area contributed by atoms with Crippen LogP contribution in [0.2, 0.25) is 0 Å². The van der Waals surface area contributed by atoms with Gasteiger partial charge in [0.2, 0.25) is 5.91 Å². The van der Waals surface area contributed by atoms with E-state index in [9.17, 15) is 18.3 Å². The number of carbonyl (C=O) groups is 1. The maximum atomic E-state index is 13.6. The van der Waals surface area contributed by atoms with Gasteiger partial charge in [0.15, 0.2) is 11.5 Å². The summed E-state index contributed by atoms with van der Waals surface area (Å²) in [6, 6.07) is 12.5. The number of hydrogen-bond acceptors (Lipinski definition) is 6. The lowest BCUT2D eigenvalue weighted by Crippen LogP contribution is -2.50. The van der Waals surface area contributed by atoms with Crippen LogP contribution in [0.5, 0.6) is 11.5 Å². The standard InChI is InChI=1S/C23H30N2O6S/c1-24(19-11-7-8-12-20(19)26)23(27)16-25(17-9-5-4-6-10-17)32(28,29)18-13-14-21(30-2)22(15-18)31-3/h4-6,9-10,13-15,19-20,26H,7-8,11-12,16H2,1-3H3. The number of ether oxygens (including phenoxy) is 2. The number of aliphatic hydroxyl groups is 1. The highest BCUT2D eigenvalue weighted by atomic mass is 32.2. The number of para-hydroxylation sites is 1. The third-order valence-corrected chi connectivity index (χ3v) is 7.62. The van der Waals surface area contributed by atoms with Gasteiger partial charge in [-0.1, -0.05) is 31.0 Å². The van der Waals surface area contributed by atoms with Crippen molar-refractivity contribution in [1.82, 2.24) is 4.90 Å². The molecule has 1 amide bonds. The number of carbonyl (C=O) groups excluding carboxylic acids is 1. The zero-order valence-corrected chi connectivity index (χ0v) is 19.4. The van der Waals surface area contributed by atoms with Crippen LogP contribution in [0.15, 0.2) is 53.4 Å². The molecule has 1 N–H and O–H groups in total. The van der Waals surface area contributed by atoms with Gasteiger partial charge in [-0.05, 0) is 37.1 Å². The second kappa shape index (κ2) is 10.2. The van der Waals surface area contributed by atoms with Gasteiger partial charge in [-0.2, -0.15) is 0 Å². The van der Waals surface area contributed by atoms with Gasteiger partial charge >= 0.3 is 0 Å². The van der Waals surface area contributed by atoms with E-state index in [2.05, 4.69) is 0 Å². The summed E-state index contributed by atoms with van der Waals surface area (Å²) in [5.74, 6) is 0.291. The van der Waals surface area contributed by atoms with E-state index in [1.807, 2.05) is 0 Å². The summed E-state index contributed by atoms with van der Waals surface area (Å²) < 4.78 is 38.8. The van der Waals surface area contributed by atoms with Crippen LogP contribution in [-0.4, -0.2) is 64.3 Å². The van der Waals surface area contributed by atoms with Crippen LogP contribution in [0.25, 0.3) is 0 Å². The van der Waals surface area contributed by atoms with Crippen LogP contribution in [0.4, 0.5) is 5.69 Å². The first kappa shape index (κ1) is 23.9. The van der Waals surface area contributed by atoms with E-state index >= 15 is 0 Å². The second-order valence-electron chi connectivity index (χ2n) is 7.79. The fraction of sp³-hybridized carbons (Fsp3) is 0.435. The van der Waals surface area contributed by atoms with E-state index in [1.54, 1.807) is 37.4 Å². The largest absolute Gasteiger partial charge is 0.493 e. The van der Waals surface area contributed by atoms with Crippen molar-refractivity contribution in [2.45, 2.75) is 42.7 Å². The Kier molecular flexibility index (Phi) is 7.63. The Hall–Kier alpha value is -2.78. The fourth-order valence-corrected chi connectivity index (χ4v) is 5.41. The molecular weight excluding hydrogens is 432 g/mol. The number of anilines is 1. The number of benzene rings is 2. The molecule has 2 atom stereocenters. The van der Waals surface area contributed by atoms with Gasteiger partial charge in [-0.25, -0.2) is 8.42 Å². The molecule has 8 nitrogen and oxygen atoms in total. The molecule has 0 radical (unpaired) electrons. The van der Waals surface area contributed by atoms with E-state index < -0.39 is 16.1 Å². The number of likely N-dealkylation sites (N-methyl/N-ethyl adjacent to an activating group) is 1. The second-order valence-corrected chi connectivity index (χ2v) is 9.65. The van der Waals surface area contributed by atoms with Gasteiger partial charge in [0.25, 0.3) is 10.0 Å². The number of sulfonamides is 1. The van der Waals surface area contributed by atoms with Crippen LogP contribution < -0.4 is 13.8 Å². The zero-order valence-electron chi connectivity index (χ0n) is 18.6. The monoisotopic (exact) mass is 462 g/mol. The van der Waals surface area contributed by atoms with Crippen molar-refractivity contribution in [3.63, 3.8) is 0 Å². The average Bonchev–Trinajstić information content (AvgIpc) is 2.82. The van der Waals surface area contributed by atoms with Crippen molar-refractivity contribution < 1.29 is 27.8 Å². The summed E-state index contributed by atoms with van der Waals surface area (Å²) in [7, 11) is 0.419. The van der Waals surface area contributed by atoms with Crippen LogP contribution in [0.3, 0.4) is 0 Å². The van der Waals surface area contributed by atoms with Gasteiger partial charge in [0, 0.05) is 13.1 Å². The Morgan fingerprint density at radius 1 is 1.03 bits per heavy atom. The molecule has 0 spiro atoms. The Labute approximate surface area is 189 Å². The topological polar surface area (TPSA) is 96.4 Å². The quantitative estimate of drug-likeness (QED) is 0.648. The Balaban J connectivity index is 1.95. The minimum Gasteiger partial charge on any atom is -0.493 e. The number of aliphatic hydroxyl groups excluding tert-OH is 1. The first-order valence-corrected chi connectivity index (χ1v) is 12.0. The average molecular weight is 463 g/mol. The lowest BCUT2D eigenvalue weighted by molar-refractivity contribution is -0.133. The van der Waals surface area contributed by atoms with Crippen LogP contribution in [0, 0.1) is 0 Å². The molecule has 9 heteroatoms. The first-order chi connectivity index (χ1) is 15.3. The first-order valence-electron chi connectivity index (χ1n) is 10.5. The van der Waals surface area contributed by atoms with Gasteiger partial charge in [-0.15, -0.1) is 0 Å². The zero-order chi connectivity index (χ0) is 23.3. The van der Waals surface area contributed by atoms with E-state index in [-0.39, 0.29) is 29.1 Å². The highest BCUT2D eigenvalue weighted by molar-refractivity contribution is 7.92. The molecule has 0 heterocycles. The summed E-state index contributed by atoms with van der Waals surface area (Å²) in [5, 5.41) is 10.3. The van der Waals surface area contributed by atoms with Gasteiger partial charge < -0.3 is 19.5 Å². The van der Waals surface area contributed by atoms with Crippen LogP contribution in [0.1, 0.15) is 25.7 Å². The van der Waals surface area contributed by atoms with Crippen molar-refractivity contribution in [2.24, 2.45) is 0 Å². The SMILES string of the molecule is COc1ccc(S(=O)(=O)N(CC(=O)N(C)C2CCCCC2O)c2ccccc2)cc1OC. The number of rotatable bonds is 8. The fourth-order valence-electron chi connectivity index (χ4n) is 3.98. The smallest absolute Gasteiger partial charge is 0.264 e. The molecule has 174 valence electrons. The van der Waals surface area contributed by atoms with Crippen molar-refractivity contribution >= 4 is 21.6 Å². The molecule has 2 aromatic carbocycles. The summed E-state index contributed by atoms with van der Waals surface area (Å²) in [6.45, 7) is -0.388. The van der Waals surface area contributed by atoms with E-state index in [0.29, 0.717) is 24.3 Å². The molecule has 0 aromatic heterocycles. The molecule has 32 heavy (non-hydrogen) atoms. The molecular formula is C23H30N2O6S. The van der Waals surface area contributed by atoms with Gasteiger partial charge in [0.05, 0.1) is 36.9 Å². The predicted octanol–water partition coefficient (Wildman–Crippen LogP) is 2.66. The highest BCUT2D eigenvalue weighted by Gasteiger charge is 2.33. The van der Waals surface area contributed by atoms with Crippen molar-refractivity contribution in [2.75, 3.05) is 32.1 Å². The molecule has 0 aliphatic heterocycles.